The van der Waals surface area contributed by atoms with Gasteiger partial charge in [-0.05, 0) is 30.3 Å². The summed E-state index contributed by atoms with van der Waals surface area (Å²) in [6, 6.07) is 8.55. The zero-order valence-corrected chi connectivity index (χ0v) is 14.7. The van der Waals surface area contributed by atoms with E-state index in [0.29, 0.717) is 24.7 Å². The second-order valence-corrected chi connectivity index (χ2v) is 7.16. The van der Waals surface area contributed by atoms with Crippen LogP contribution in [0.25, 0.3) is 0 Å². The molecular weight excluding hydrogens is 370 g/mol. The average Bonchev–Trinajstić information content (AvgIpc) is 2.61. The van der Waals surface area contributed by atoms with Crippen LogP contribution in [0.3, 0.4) is 0 Å². The Bertz CT molecular complexity index is 928. The maximum atomic E-state index is 12.6. The summed E-state index contributed by atoms with van der Waals surface area (Å²) in [5.41, 5.74) is 0.359. The fourth-order valence-corrected chi connectivity index (χ4v) is 3.85. The number of ether oxygens (including phenoxy) is 3. The van der Waals surface area contributed by atoms with E-state index in [-0.39, 0.29) is 21.2 Å². The van der Waals surface area contributed by atoms with Crippen molar-refractivity contribution >= 4 is 33.3 Å². The summed E-state index contributed by atoms with van der Waals surface area (Å²) in [4.78, 5) is 11.4. The van der Waals surface area contributed by atoms with Gasteiger partial charge < -0.3 is 14.2 Å². The smallest absolute Gasteiger partial charge is 0.337 e. The molecule has 25 heavy (non-hydrogen) atoms. The summed E-state index contributed by atoms with van der Waals surface area (Å²) in [6.45, 7) is 0.824. The van der Waals surface area contributed by atoms with Gasteiger partial charge in [0.25, 0.3) is 10.0 Å². The number of nitrogens with one attached hydrogen (secondary N) is 1. The minimum Gasteiger partial charge on any atom is -0.486 e. The standard InChI is InChI=1S/C16H14ClNO6S/c1-22-16(19)10-2-4-12(17)15(8-10)25(20,21)18-11-3-5-13-14(9-11)24-7-6-23-13/h2-5,8-9,18H,6-7H2,1H3. The van der Waals surface area contributed by atoms with Crippen LogP contribution in [-0.2, 0) is 14.8 Å². The minimum absolute atomic E-state index is 0.0160. The van der Waals surface area contributed by atoms with Crippen LogP contribution in [0.4, 0.5) is 5.69 Å². The van der Waals surface area contributed by atoms with Crippen LogP contribution in [0.2, 0.25) is 5.02 Å². The number of methoxy groups -OCH3 is 1. The Hall–Kier alpha value is -2.45. The van der Waals surface area contributed by atoms with Crippen molar-refractivity contribution in [3.05, 3.63) is 47.0 Å². The highest BCUT2D eigenvalue weighted by atomic mass is 35.5. The van der Waals surface area contributed by atoms with Gasteiger partial charge in [0.05, 0.1) is 23.4 Å². The van der Waals surface area contributed by atoms with Gasteiger partial charge in [-0.25, -0.2) is 13.2 Å². The van der Waals surface area contributed by atoms with Crippen molar-refractivity contribution < 1.29 is 27.4 Å². The molecule has 2 aromatic carbocycles. The SMILES string of the molecule is COC(=O)c1ccc(Cl)c(S(=O)(=O)Nc2ccc3c(c2)OCCO3)c1. The number of hydrogen-bond donors (Lipinski definition) is 1. The lowest BCUT2D eigenvalue weighted by Crippen LogP contribution is -2.17. The molecule has 0 radical (unpaired) electrons. The summed E-state index contributed by atoms with van der Waals surface area (Å²) in [7, 11) is -2.81. The third kappa shape index (κ3) is 3.64. The number of fused-ring (bicyclic) bond motifs is 1. The molecule has 132 valence electrons. The first-order valence-electron chi connectivity index (χ1n) is 7.21. The second-order valence-electron chi connectivity index (χ2n) is 5.10. The Morgan fingerprint density at radius 3 is 2.56 bits per heavy atom. The molecule has 0 aliphatic carbocycles. The second kappa shape index (κ2) is 6.81. The lowest BCUT2D eigenvalue weighted by Gasteiger charge is -2.19. The van der Waals surface area contributed by atoms with Crippen molar-refractivity contribution in [2.24, 2.45) is 0 Å². The first kappa shape index (κ1) is 17.4. The molecule has 2 aromatic rings. The number of carbonyl (C=O) groups is 1. The van der Waals surface area contributed by atoms with E-state index in [4.69, 9.17) is 21.1 Å². The zero-order chi connectivity index (χ0) is 18.0. The highest BCUT2D eigenvalue weighted by Gasteiger charge is 2.22. The number of benzene rings is 2. The van der Waals surface area contributed by atoms with Crippen molar-refractivity contribution in [2.45, 2.75) is 4.90 Å². The summed E-state index contributed by atoms with van der Waals surface area (Å²) >= 11 is 5.99. The highest BCUT2D eigenvalue weighted by Crippen LogP contribution is 2.34. The van der Waals surface area contributed by atoms with E-state index < -0.39 is 16.0 Å². The maximum Gasteiger partial charge on any atom is 0.337 e. The summed E-state index contributed by atoms with van der Waals surface area (Å²) in [5, 5.41) is -0.0160. The number of anilines is 1. The van der Waals surface area contributed by atoms with Crippen LogP contribution in [0, 0.1) is 0 Å². The summed E-state index contributed by atoms with van der Waals surface area (Å²) in [5.74, 6) is 0.327. The number of rotatable bonds is 4. The van der Waals surface area contributed by atoms with Gasteiger partial charge in [0, 0.05) is 6.07 Å². The van der Waals surface area contributed by atoms with Crippen LogP contribution < -0.4 is 14.2 Å². The van der Waals surface area contributed by atoms with E-state index in [2.05, 4.69) is 9.46 Å². The Morgan fingerprint density at radius 2 is 1.84 bits per heavy atom. The number of esters is 1. The molecule has 3 rings (SSSR count). The van der Waals surface area contributed by atoms with E-state index in [9.17, 15) is 13.2 Å². The van der Waals surface area contributed by atoms with Crippen molar-refractivity contribution in [3.8, 4) is 11.5 Å². The maximum absolute atomic E-state index is 12.6. The fraction of sp³-hybridized carbons (Fsp3) is 0.188. The molecule has 7 nitrogen and oxygen atoms in total. The minimum atomic E-state index is -4.02. The lowest BCUT2D eigenvalue weighted by molar-refractivity contribution is 0.0600. The Kier molecular flexibility index (Phi) is 4.73. The van der Waals surface area contributed by atoms with Crippen LogP contribution >= 0.6 is 11.6 Å². The third-order valence-corrected chi connectivity index (χ3v) is 5.30. The van der Waals surface area contributed by atoms with Gasteiger partial charge in [0.1, 0.15) is 18.1 Å². The van der Waals surface area contributed by atoms with Crippen LogP contribution in [0.15, 0.2) is 41.3 Å². The molecule has 0 spiro atoms. The topological polar surface area (TPSA) is 90.9 Å². The first-order valence-corrected chi connectivity index (χ1v) is 9.07. The molecule has 0 amide bonds. The van der Waals surface area contributed by atoms with Gasteiger partial charge >= 0.3 is 5.97 Å². The Balaban J connectivity index is 1.93. The van der Waals surface area contributed by atoms with E-state index in [1.165, 1.54) is 25.3 Å². The molecule has 1 N–H and O–H groups in total. The van der Waals surface area contributed by atoms with E-state index in [1.807, 2.05) is 0 Å². The predicted molar refractivity (Wildman–Crippen MR) is 91.0 cm³/mol. The summed E-state index contributed by atoms with van der Waals surface area (Å²) in [6.07, 6.45) is 0. The van der Waals surface area contributed by atoms with E-state index in [0.717, 1.165) is 6.07 Å². The molecule has 1 aliphatic rings. The van der Waals surface area contributed by atoms with Crippen LogP contribution in [0.1, 0.15) is 10.4 Å². The fourth-order valence-electron chi connectivity index (χ4n) is 2.27. The van der Waals surface area contributed by atoms with Crippen LogP contribution in [0.5, 0.6) is 11.5 Å². The number of sulfonamides is 1. The number of hydrogen-bond acceptors (Lipinski definition) is 6. The molecule has 0 unspecified atom stereocenters. The predicted octanol–water partition coefficient (Wildman–Crippen LogP) is 2.70. The normalized spacial score (nSPS) is 13.2. The monoisotopic (exact) mass is 383 g/mol. The molecule has 0 fully saturated rings. The summed E-state index contributed by atoms with van der Waals surface area (Å²) < 4.78 is 43.1. The van der Waals surface area contributed by atoms with E-state index in [1.54, 1.807) is 12.1 Å². The largest absolute Gasteiger partial charge is 0.486 e. The van der Waals surface area contributed by atoms with Crippen molar-refractivity contribution in [3.63, 3.8) is 0 Å². The first-order chi connectivity index (χ1) is 11.9. The molecule has 9 heteroatoms. The number of halogens is 1. The highest BCUT2D eigenvalue weighted by molar-refractivity contribution is 7.92. The average molecular weight is 384 g/mol. The third-order valence-electron chi connectivity index (χ3n) is 3.44. The van der Waals surface area contributed by atoms with Gasteiger partial charge in [-0.3, -0.25) is 4.72 Å². The lowest BCUT2D eigenvalue weighted by atomic mass is 10.2. The molecular formula is C16H14ClNO6S. The molecule has 0 saturated heterocycles. The molecule has 0 bridgehead atoms. The van der Waals surface area contributed by atoms with Crippen LogP contribution in [-0.4, -0.2) is 34.7 Å². The van der Waals surface area contributed by atoms with Gasteiger partial charge in [-0.15, -0.1) is 0 Å². The van der Waals surface area contributed by atoms with Gasteiger partial charge in [0.15, 0.2) is 11.5 Å². The molecule has 0 saturated carbocycles. The molecule has 1 aliphatic heterocycles. The van der Waals surface area contributed by atoms with Gasteiger partial charge in [-0.2, -0.15) is 0 Å². The molecule has 1 heterocycles. The van der Waals surface area contributed by atoms with Crippen molar-refractivity contribution in [1.82, 2.24) is 0 Å². The Labute approximate surface area is 149 Å². The van der Waals surface area contributed by atoms with E-state index >= 15 is 0 Å². The van der Waals surface area contributed by atoms with Gasteiger partial charge in [0.2, 0.25) is 0 Å². The van der Waals surface area contributed by atoms with Gasteiger partial charge in [-0.1, -0.05) is 11.6 Å². The quantitative estimate of drug-likeness (QED) is 0.816. The van der Waals surface area contributed by atoms with Crippen molar-refractivity contribution in [1.29, 1.82) is 0 Å². The Morgan fingerprint density at radius 1 is 1.12 bits per heavy atom. The van der Waals surface area contributed by atoms with Crippen molar-refractivity contribution in [2.75, 3.05) is 25.0 Å². The molecule has 0 atom stereocenters. The molecule has 0 aromatic heterocycles. The zero-order valence-electron chi connectivity index (χ0n) is 13.1. The number of carbonyl (C=O) groups excluding carboxylic acids is 1.